The van der Waals surface area contributed by atoms with Crippen molar-refractivity contribution in [1.29, 1.82) is 0 Å². The number of aryl methyl sites for hydroxylation is 3. The van der Waals surface area contributed by atoms with Gasteiger partial charge in [0.15, 0.2) is 0 Å². The van der Waals surface area contributed by atoms with E-state index < -0.39 is 0 Å². The summed E-state index contributed by atoms with van der Waals surface area (Å²) in [5, 5.41) is 4.23. The molecule has 0 saturated carbocycles. The molecule has 3 heterocycles. The van der Waals surface area contributed by atoms with Gasteiger partial charge in [-0.2, -0.15) is 0 Å². The van der Waals surface area contributed by atoms with Gasteiger partial charge < -0.3 is 9.88 Å². The molecule has 1 saturated heterocycles. The number of aromatic nitrogens is 2. The Morgan fingerprint density at radius 2 is 2.04 bits per heavy atom. The third-order valence-corrected chi connectivity index (χ3v) is 6.21. The highest BCUT2D eigenvalue weighted by atomic mass is 32.1. The minimum atomic E-state index is 0.104. The summed E-state index contributed by atoms with van der Waals surface area (Å²) >= 11 is 1.64. The van der Waals surface area contributed by atoms with E-state index in [0.717, 1.165) is 47.6 Å². The van der Waals surface area contributed by atoms with Crippen LogP contribution >= 0.6 is 11.3 Å². The van der Waals surface area contributed by atoms with E-state index in [4.69, 9.17) is 0 Å². The van der Waals surface area contributed by atoms with E-state index in [9.17, 15) is 4.79 Å². The Labute approximate surface area is 151 Å². The van der Waals surface area contributed by atoms with Crippen LogP contribution in [0.1, 0.15) is 57.5 Å². The number of nitrogens with one attached hydrogen (secondary N) is 1. The number of thiazole rings is 1. The molecule has 25 heavy (non-hydrogen) atoms. The molecule has 1 aromatic carbocycles. The van der Waals surface area contributed by atoms with E-state index in [0.29, 0.717) is 0 Å². The average Bonchev–Trinajstić information content (AvgIpc) is 3.26. The van der Waals surface area contributed by atoms with E-state index in [1.807, 2.05) is 16.5 Å². The smallest absolute Gasteiger partial charge is 0.271 e. The number of benzene rings is 1. The van der Waals surface area contributed by atoms with Gasteiger partial charge in [-0.3, -0.25) is 4.79 Å². The molecule has 1 fully saturated rings. The third kappa shape index (κ3) is 2.67. The molecule has 0 bridgehead atoms. The summed E-state index contributed by atoms with van der Waals surface area (Å²) in [7, 11) is 0. The standard InChI is InChI=1S/C20H23N3OS/c1-12-7-8-13(2)17-16(12)14(3)18(22-17)20(24)23-10-5-4-6-15(23)19-21-9-11-25-19/h7-9,11,15,22H,4-6,10H2,1-3H3/t15-/m0/s1. The minimum absolute atomic E-state index is 0.104. The van der Waals surface area contributed by atoms with Gasteiger partial charge in [0.05, 0.1) is 6.04 Å². The maximum absolute atomic E-state index is 13.4. The molecular weight excluding hydrogens is 330 g/mol. The Morgan fingerprint density at radius 3 is 2.76 bits per heavy atom. The van der Waals surface area contributed by atoms with Gasteiger partial charge >= 0.3 is 0 Å². The number of rotatable bonds is 2. The molecule has 1 N–H and O–H groups in total. The molecule has 5 heteroatoms. The normalized spacial score (nSPS) is 18.0. The van der Waals surface area contributed by atoms with Crippen molar-refractivity contribution in [3.63, 3.8) is 0 Å². The number of piperidine rings is 1. The van der Waals surface area contributed by atoms with Gasteiger partial charge in [-0.15, -0.1) is 11.3 Å². The molecule has 3 aromatic rings. The van der Waals surface area contributed by atoms with Crippen LogP contribution in [0.25, 0.3) is 10.9 Å². The molecule has 1 aliphatic heterocycles. The molecule has 130 valence electrons. The number of amides is 1. The highest BCUT2D eigenvalue weighted by Gasteiger charge is 2.32. The van der Waals surface area contributed by atoms with Crippen LogP contribution in [-0.2, 0) is 0 Å². The van der Waals surface area contributed by atoms with Gasteiger partial charge in [-0.1, -0.05) is 12.1 Å². The molecule has 0 spiro atoms. The molecule has 0 aliphatic carbocycles. The number of hydrogen-bond donors (Lipinski definition) is 1. The minimum Gasteiger partial charge on any atom is -0.350 e. The van der Waals surface area contributed by atoms with Crippen LogP contribution in [0.3, 0.4) is 0 Å². The van der Waals surface area contributed by atoms with Crippen molar-refractivity contribution in [2.75, 3.05) is 6.54 Å². The average molecular weight is 353 g/mol. The molecule has 2 aromatic heterocycles. The van der Waals surface area contributed by atoms with Crippen molar-refractivity contribution in [3.05, 3.63) is 51.1 Å². The van der Waals surface area contributed by atoms with E-state index in [1.165, 1.54) is 16.5 Å². The number of nitrogens with zero attached hydrogens (tertiary/aromatic N) is 2. The van der Waals surface area contributed by atoms with Crippen LogP contribution in [0.4, 0.5) is 0 Å². The first kappa shape index (κ1) is 16.3. The molecule has 1 amide bonds. The highest BCUT2D eigenvalue weighted by molar-refractivity contribution is 7.09. The van der Waals surface area contributed by atoms with Gasteiger partial charge in [0.25, 0.3) is 5.91 Å². The zero-order valence-electron chi connectivity index (χ0n) is 14.9. The van der Waals surface area contributed by atoms with Crippen molar-refractivity contribution in [2.24, 2.45) is 0 Å². The predicted octanol–water partition coefficient (Wildman–Crippen LogP) is 4.92. The Bertz CT molecular complexity index is 926. The zero-order chi connectivity index (χ0) is 17.6. The lowest BCUT2D eigenvalue weighted by atomic mass is 10.0. The Balaban J connectivity index is 1.77. The lowest BCUT2D eigenvalue weighted by molar-refractivity contribution is 0.0605. The fourth-order valence-corrected chi connectivity index (χ4v) is 4.77. The molecule has 1 aliphatic rings. The summed E-state index contributed by atoms with van der Waals surface area (Å²) in [6.45, 7) is 7.05. The van der Waals surface area contributed by atoms with Crippen molar-refractivity contribution in [2.45, 2.75) is 46.1 Å². The topological polar surface area (TPSA) is 49.0 Å². The molecule has 4 nitrogen and oxygen atoms in total. The quantitative estimate of drug-likeness (QED) is 0.711. The van der Waals surface area contributed by atoms with Gasteiger partial charge in [0.1, 0.15) is 10.7 Å². The molecule has 4 rings (SSSR count). The van der Waals surface area contributed by atoms with Gasteiger partial charge in [-0.05, 0) is 56.7 Å². The summed E-state index contributed by atoms with van der Waals surface area (Å²) < 4.78 is 0. The van der Waals surface area contributed by atoms with E-state index in [1.54, 1.807) is 11.3 Å². The summed E-state index contributed by atoms with van der Waals surface area (Å²) in [6, 6.07) is 4.35. The maximum Gasteiger partial charge on any atom is 0.271 e. The molecule has 0 unspecified atom stereocenters. The first-order valence-electron chi connectivity index (χ1n) is 8.86. The van der Waals surface area contributed by atoms with E-state index in [2.05, 4.69) is 42.9 Å². The molecule has 1 atom stereocenters. The largest absolute Gasteiger partial charge is 0.350 e. The van der Waals surface area contributed by atoms with Crippen molar-refractivity contribution < 1.29 is 4.79 Å². The van der Waals surface area contributed by atoms with Crippen LogP contribution in [0.15, 0.2) is 23.7 Å². The van der Waals surface area contributed by atoms with Crippen LogP contribution in [0.2, 0.25) is 0 Å². The number of aromatic amines is 1. The SMILES string of the molecule is Cc1ccc(C)c2c(C)c(C(=O)N3CCCC[C@H]3c3nccs3)[nH]c12. The summed E-state index contributed by atoms with van der Waals surface area (Å²) in [5.41, 5.74) is 5.27. The second kappa shape index (κ2) is 6.30. The predicted molar refractivity (Wildman–Crippen MR) is 102 cm³/mol. The van der Waals surface area contributed by atoms with Gasteiger partial charge in [-0.25, -0.2) is 4.98 Å². The van der Waals surface area contributed by atoms with E-state index in [-0.39, 0.29) is 11.9 Å². The van der Waals surface area contributed by atoms with Gasteiger partial charge in [0, 0.05) is 29.0 Å². The second-order valence-corrected chi connectivity index (χ2v) is 7.88. The number of H-pyrrole nitrogens is 1. The van der Waals surface area contributed by atoms with Crippen LogP contribution < -0.4 is 0 Å². The summed E-state index contributed by atoms with van der Waals surface area (Å²) in [6.07, 6.45) is 5.04. The fraction of sp³-hybridized carbons (Fsp3) is 0.400. The number of hydrogen-bond acceptors (Lipinski definition) is 3. The molecular formula is C20H23N3OS. The lowest BCUT2D eigenvalue weighted by Gasteiger charge is -2.34. The second-order valence-electron chi connectivity index (χ2n) is 6.95. The van der Waals surface area contributed by atoms with Crippen molar-refractivity contribution in [1.82, 2.24) is 14.9 Å². The lowest BCUT2D eigenvalue weighted by Crippen LogP contribution is -2.38. The number of carbonyl (C=O) groups is 1. The Hall–Kier alpha value is -2.14. The molecule has 0 radical (unpaired) electrons. The fourth-order valence-electron chi connectivity index (χ4n) is 3.99. The Morgan fingerprint density at radius 1 is 1.24 bits per heavy atom. The third-order valence-electron chi connectivity index (χ3n) is 5.34. The van der Waals surface area contributed by atoms with Gasteiger partial charge in [0.2, 0.25) is 0 Å². The van der Waals surface area contributed by atoms with Crippen molar-refractivity contribution in [3.8, 4) is 0 Å². The monoisotopic (exact) mass is 353 g/mol. The van der Waals surface area contributed by atoms with E-state index >= 15 is 0 Å². The number of likely N-dealkylation sites (tertiary alicyclic amines) is 1. The summed E-state index contributed by atoms with van der Waals surface area (Å²) in [4.78, 5) is 23.3. The van der Waals surface area contributed by atoms with Crippen LogP contribution in [0, 0.1) is 20.8 Å². The first-order valence-corrected chi connectivity index (χ1v) is 9.74. The number of fused-ring (bicyclic) bond motifs is 1. The maximum atomic E-state index is 13.4. The summed E-state index contributed by atoms with van der Waals surface area (Å²) in [5.74, 6) is 0.104. The van der Waals surface area contributed by atoms with Crippen LogP contribution in [0.5, 0.6) is 0 Å². The highest BCUT2D eigenvalue weighted by Crippen LogP contribution is 2.35. The number of carbonyl (C=O) groups excluding carboxylic acids is 1. The zero-order valence-corrected chi connectivity index (χ0v) is 15.7. The van der Waals surface area contributed by atoms with Crippen LogP contribution in [-0.4, -0.2) is 27.3 Å². The first-order chi connectivity index (χ1) is 12.1. The Kier molecular flexibility index (Phi) is 4.12. The van der Waals surface area contributed by atoms with Crippen molar-refractivity contribution >= 4 is 28.1 Å².